The number of aliphatic hydroxyl groups excluding tert-OH is 1. The molecule has 0 heterocycles. The van der Waals surface area contributed by atoms with Crippen LogP contribution in [-0.4, -0.2) is 30.2 Å². The van der Waals surface area contributed by atoms with Gasteiger partial charge in [0.15, 0.2) is 0 Å². The highest BCUT2D eigenvalue weighted by Crippen LogP contribution is 2.28. The topological polar surface area (TPSA) is 32.7 Å². The van der Waals surface area contributed by atoms with Gasteiger partial charge in [-0.1, -0.05) is 41.9 Å². The third-order valence-electron chi connectivity index (χ3n) is 3.97. The highest BCUT2D eigenvalue weighted by molar-refractivity contribution is 6.31. The molecule has 2 unspecified atom stereocenters. The third-order valence-corrected chi connectivity index (χ3v) is 4.31. The molecule has 3 nitrogen and oxygen atoms in total. The van der Waals surface area contributed by atoms with E-state index in [0.29, 0.717) is 17.1 Å². The number of hydrogen-bond donors (Lipinski definition) is 1. The standard InChI is InChI=1S/C18H20ClF2NO2/c1-12(15-5-3-4-6-16(15)19)22(2)11-17(23)13-7-9-14(10-8-13)24-18(20)21/h3-10,12,17-18,23H,11H2,1-2H3. The maximum atomic E-state index is 12.1. The van der Waals surface area contributed by atoms with Gasteiger partial charge in [-0.3, -0.25) is 4.90 Å². The van der Waals surface area contributed by atoms with E-state index >= 15 is 0 Å². The molecule has 130 valence electrons. The van der Waals surface area contributed by atoms with Gasteiger partial charge in [0.25, 0.3) is 0 Å². The largest absolute Gasteiger partial charge is 0.435 e. The summed E-state index contributed by atoms with van der Waals surface area (Å²) in [6.07, 6.45) is -0.750. The molecule has 0 radical (unpaired) electrons. The first-order valence-electron chi connectivity index (χ1n) is 7.56. The lowest BCUT2D eigenvalue weighted by Crippen LogP contribution is -2.27. The first-order chi connectivity index (χ1) is 11.4. The Hall–Kier alpha value is -1.69. The summed E-state index contributed by atoms with van der Waals surface area (Å²) in [6.45, 7) is -0.474. The minimum atomic E-state index is -2.86. The van der Waals surface area contributed by atoms with Gasteiger partial charge >= 0.3 is 6.61 Å². The van der Waals surface area contributed by atoms with E-state index in [-0.39, 0.29) is 11.8 Å². The highest BCUT2D eigenvalue weighted by Gasteiger charge is 2.18. The molecule has 2 aromatic rings. The normalized spacial score (nSPS) is 14.0. The van der Waals surface area contributed by atoms with Crippen molar-refractivity contribution in [3.8, 4) is 5.75 Å². The van der Waals surface area contributed by atoms with E-state index < -0.39 is 12.7 Å². The molecule has 0 aromatic heterocycles. The van der Waals surface area contributed by atoms with Gasteiger partial charge < -0.3 is 9.84 Å². The van der Waals surface area contributed by atoms with Gasteiger partial charge in [-0.25, -0.2) is 0 Å². The zero-order valence-electron chi connectivity index (χ0n) is 13.5. The number of hydrogen-bond acceptors (Lipinski definition) is 3. The van der Waals surface area contributed by atoms with Crippen LogP contribution in [0.3, 0.4) is 0 Å². The van der Waals surface area contributed by atoms with Crippen molar-refractivity contribution in [3.05, 3.63) is 64.7 Å². The predicted molar refractivity (Wildman–Crippen MR) is 90.5 cm³/mol. The van der Waals surface area contributed by atoms with Gasteiger partial charge in [0.05, 0.1) is 6.10 Å². The summed E-state index contributed by atoms with van der Waals surface area (Å²) in [4.78, 5) is 1.98. The minimum Gasteiger partial charge on any atom is -0.435 e. The van der Waals surface area contributed by atoms with Crippen molar-refractivity contribution in [1.29, 1.82) is 0 Å². The summed E-state index contributed by atoms with van der Waals surface area (Å²) in [5.41, 5.74) is 1.62. The Balaban J connectivity index is 2.00. The zero-order chi connectivity index (χ0) is 17.7. The molecule has 0 saturated heterocycles. The van der Waals surface area contributed by atoms with Crippen LogP contribution < -0.4 is 4.74 Å². The summed E-state index contributed by atoms with van der Waals surface area (Å²) in [6, 6.07) is 13.6. The summed E-state index contributed by atoms with van der Waals surface area (Å²) < 4.78 is 28.6. The molecule has 6 heteroatoms. The Kier molecular flexibility index (Phi) is 6.54. The fourth-order valence-electron chi connectivity index (χ4n) is 2.46. The molecular weight excluding hydrogens is 336 g/mol. The number of likely N-dealkylation sites (N-methyl/N-ethyl adjacent to an activating group) is 1. The van der Waals surface area contributed by atoms with E-state index in [4.69, 9.17) is 11.6 Å². The molecule has 2 atom stereocenters. The number of ether oxygens (including phenoxy) is 1. The highest BCUT2D eigenvalue weighted by atomic mass is 35.5. The second-order valence-electron chi connectivity index (χ2n) is 5.60. The molecule has 0 amide bonds. The van der Waals surface area contributed by atoms with E-state index in [9.17, 15) is 13.9 Å². The second-order valence-corrected chi connectivity index (χ2v) is 6.01. The van der Waals surface area contributed by atoms with Crippen molar-refractivity contribution in [2.75, 3.05) is 13.6 Å². The van der Waals surface area contributed by atoms with Crippen LogP contribution >= 0.6 is 11.6 Å². The molecule has 2 aromatic carbocycles. The van der Waals surface area contributed by atoms with Crippen LogP contribution in [0.1, 0.15) is 30.2 Å². The van der Waals surface area contributed by atoms with Gasteiger partial charge in [-0.05, 0) is 43.3 Å². The first-order valence-corrected chi connectivity index (χ1v) is 7.93. The molecule has 0 aliphatic rings. The number of nitrogens with zero attached hydrogens (tertiary/aromatic N) is 1. The van der Waals surface area contributed by atoms with Crippen molar-refractivity contribution < 1.29 is 18.6 Å². The number of benzene rings is 2. The van der Waals surface area contributed by atoms with Crippen molar-refractivity contribution in [2.45, 2.75) is 25.7 Å². The summed E-state index contributed by atoms with van der Waals surface area (Å²) in [5, 5.41) is 11.0. The Morgan fingerprint density at radius 1 is 1.12 bits per heavy atom. The number of halogens is 3. The van der Waals surface area contributed by atoms with E-state index in [1.54, 1.807) is 12.1 Å². The molecule has 2 rings (SSSR count). The molecule has 0 aliphatic carbocycles. The van der Waals surface area contributed by atoms with E-state index in [1.807, 2.05) is 43.1 Å². The van der Waals surface area contributed by atoms with Crippen LogP contribution in [0.15, 0.2) is 48.5 Å². The van der Waals surface area contributed by atoms with Gasteiger partial charge in [-0.15, -0.1) is 0 Å². The summed E-state index contributed by atoms with van der Waals surface area (Å²) in [7, 11) is 1.89. The van der Waals surface area contributed by atoms with Crippen LogP contribution in [-0.2, 0) is 0 Å². The molecule has 0 bridgehead atoms. The Morgan fingerprint density at radius 2 is 1.75 bits per heavy atom. The van der Waals surface area contributed by atoms with Crippen LogP contribution in [0.2, 0.25) is 5.02 Å². The monoisotopic (exact) mass is 355 g/mol. The zero-order valence-corrected chi connectivity index (χ0v) is 14.3. The Bertz CT molecular complexity index is 652. The molecule has 1 N–H and O–H groups in total. The average Bonchev–Trinajstić information content (AvgIpc) is 2.54. The van der Waals surface area contributed by atoms with Gasteiger partial charge in [-0.2, -0.15) is 8.78 Å². The lowest BCUT2D eigenvalue weighted by atomic mass is 10.0. The van der Waals surface area contributed by atoms with Gasteiger partial charge in [0.2, 0.25) is 0 Å². The van der Waals surface area contributed by atoms with Crippen molar-refractivity contribution >= 4 is 11.6 Å². The van der Waals surface area contributed by atoms with Gasteiger partial charge in [0, 0.05) is 17.6 Å². The van der Waals surface area contributed by atoms with Crippen LogP contribution in [0.25, 0.3) is 0 Å². The van der Waals surface area contributed by atoms with Crippen LogP contribution in [0.5, 0.6) is 5.75 Å². The smallest absolute Gasteiger partial charge is 0.387 e. The molecular formula is C18H20ClF2NO2. The lowest BCUT2D eigenvalue weighted by molar-refractivity contribution is -0.0498. The van der Waals surface area contributed by atoms with Crippen molar-refractivity contribution in [1.82, 2.24) is 4.90 Å². The predicted octanol–water partition coefficient (Wildman–Crippen LogP) is 4.67. The molecule has 0 fully saturated rings. The third kappa shape index (κ3) is 4.90. The number of aliphatic hydroxyl groups is 1. The maximum absolute atomic E-state index is 12.1. The van der Waals surface area contributed by atoms with E-state index in [1.165, 1.54) is 12.1 Å². The van der Waals surface area contributed by atoms with Gasteiger partial charge in [0.1, 0.15) is 5.75 Å². The van der Waals surface area contributed by atoms with Crippen molar-refractivity contribution in [3.63, 3.8) is 0 Å². The molecule has 0 spiro atoms. The fourth-order valence-corrected chi connectivity index (χ4v) is 2.75. The Labute approximate surface area is 145 Å². The average molecular weight is 356 g/mol. The first kappa shape index (κ1) is 18.6. The summed E-state index contributed by atoms with van der Waals surface area (Å²) in [5.74, 6) is 0.0683. The Morgan fingerprint density at radius 3 is 2.33 bits per heavy atom. The van der Waals surface area contributed by atoms with E-state index in [2.05, 4.69) is 4.74 Å². The SMILES string of the molecule is CC(c1ccccc1Cl)N(C)CC(O)c1ccc(OC(F)F)cc1. The molecule has 24 heavy (non-hydrogen) atoms. The minimum absolute atomic E-state index is 0.0230. The van der Waals surface area contributed by atoms with Crippen LogP contribution in [0.4, 0.5) is 8.78 Å². The second kappa shape index (κ2) is 8.42. The number of rotatable bonds is 7. The lowest BCUT2D eigenvalue weighted by Gasteiger charge is -2.28. The van der Waals surface area contributed by atoms with Crippen LogP contribution in [0, 0.1) is 0 Å². The number of alkyl halides is 2. The maximum Gasteiger partial charge on any atom is 0.387 e. The van der Waals surface area contributed by atoms with Crippen molar-refractivity contribution in [2.24, 2.45) is 0 Å². The molecule has 0 saturated carbocycles. The van der Waals surface area contributed by atoms with E-state index in [0.717, 1.165) is 5.56 Å². The quantitative estimate of drug-likeness (QED) is 0.783. The fraction of sp³-hybridized carbons (Fsp3) is 0.333. The molecule has 0 aliphatic heterocycles. The summed E-state index contributed by atoms with van der Waals surface area (Å²) >= 11 is 6.21.